The standard InChI is InChI=1S/C9H13NO3S/c1-7-4-5-9(13-2)8(6-7)10-14(3,11)12/h4-6,10H,1-3H3. The summed E-state index contributed by atoms with van der Waals surface area (Å²) in [4.78, 5) is 0. The predicted octanol–water partition coefficient (Wildman–Crippen LogP) is 1.38. The molecule has 1 aromatic rings. The van der Waals surface area contributed by atoms with Crippen molar-refractivity contribution in [3.63, 3.8) is 0 Å². The van der Waals surface area contributed by atoms with Crippen molar-refractivity contribution in [2.45, 2.75) is 6.92 Å². The first-order chi connectivity index (χ1) is 6.42. The minimum Gasteiger partial charge on any atom is -0.495 e. The molecule has 0 bridgehead atoms. The van der Waals surface area contributed by atoms with E-state index >= 15 is 0 Å². The van der Waals surface area contributed by atoms with Gasteiger partial charge < -0.3 is 4.74 Å². The van der Waals surface area contributed by atoms with Crippen LogP contribution in [0.4, 0.5) is 5.69 Å². The monoisotopic (exact) mass is 215 g/mol. The van der Waals surface area contributed by atoms with E-state index in [1.165, 1.54) is 7.11 Å². The quantitative estimate of drug-likeness (QED) is 0.828. The molecule has 4 nitrogen and oxygen atoms in total. The van der Waals surface area contributed by atoms with Crippen LogP contribution in [0.15, 0.2) is 18.2 Å². The number of aryl methyl sites for hydroxylation is 1. The smallest absolute Gasteiger partial charge is 0.229 e. The van der Waals surface area contributed by atoms with Crippen molar-refractivity contribution in [2.75, 3.05) is 18.1 Å². The first kappa shape index (κ1) is 10.8. The van der Waals surface area contributed by atoms with Gasteiger partial charge in [-0.2, -0.15) is 0 Å². The van der Waals surface area contributed by atoms with Gasteiger partial charge in [-0.3, -0.25) is 4.72 Å². The Kier molecular flexibility index (Phi) is 3.00. The maximum absolute atomic E-state index is 11.0. The number of ether oxygens (including phenoxy) is 1. The molecule has 0 saturated carbocycles. The van der Waals surface area contributed by atoms with Crippen molar-refractivity contribution < 1.29 is 13.2 Å². The second-order valence-electron chi connectivity index (χ2n) is 3.08. The highest BCUT2D eigenvalue weighted by molar-refractivity contribution is 7.92. The van der Waals surface area contributed by atoms with Crippen molar-refractivity contribution in [3.05, 3.63) is 23.8 Å². The Morgan fingerprint density at radius 2 is 2.00 bits per heavy atom. The molecule has 1 N–H and O–H groups in total. The van der Waals surface area contributed by atoms with Crippen molar-refractivity contribution >= 4 is 15.7 Å². The number of methoxy groups -OCH3 is 1. The maximum atomic E-state index is 11.0. The highest BCUT2D eigenvalue weighted by atomic mass is 32.2. The van der Waals surface area contributed by atoms with Gasteiger partial charge in [-0.1, -0.05) is 6.07 Å². The first-order valence-electron chi connectivity index (χ1n) is 4.05. The van der Waals surface area contributed by atoms with E-state index in [0.717, 1.165) is 11.8 Å². The number of benzene rings is 1. The van der Waals surface area contributed by atoms with Crippen molar-refractivity contribution in [3.8, 4) is 5.75 Å². The lowest BCUT2D eigenvalue weighted by atomic mass is 10.2. The molecule has 1 rings (SSSR count). The molecule has 0 radical (unpaired) electrons. The van der Waals surface area contributed by atoms with E-state index < -0.39 is 10.0 Å². The number of nitrogens with one attached hydrogen (secondary N) is 1. The van der Waals surface area contributed by atoms with Gasteiger partial charge in [0, 0.05) is 0 Å². The molecule has 0 saturated heterocycles. The lowest BCUT2D eigenvalue weighted by Crippen LogP contribution is -2.10. The SMILES string of the molecule is COc1ccc(C)cc1NS(C)(=O)=O. The minimum absolute atomic E-state index is 0.468. The van der Waals surface area contributed by atoms with Crippen LogP contribution in [0.5, 0.6) is 5.75 Å². The summed E-state index contributed by atoms with van der Waals surface area (Å²) in [5.74, 6) is 0.515. The summed E-state index contributed by atoms with van der Waals surface area (Å²) < 4.78 is 29.4. The van der Waals surface area contributed by atoms with Crippen LogP contribution in [0.3, 0.4) is 0 Å². The normalized spacial score (nSPS) is 11.1. The molecule has 0 unspecified atom stereocenters. The molecule has 0 amide bonds. The van der Waals surface area contributed by atoms with E-state index in [1.807, 2.05) is 13.0 Å². The molecule has 0 aromatic heterocycles. The molecule has 0 aliphatic heterocycles. The number of anilines is 1. The van der Waals surface area contributed by atoms with Gasteiger partial charge in [-0.25, -0.2) is 8.42 Å². The molecular weight excluding hydrogens is 202 g/mol. The summed E-state index contributed by atoms with van der Waals surface area (Å²) in [6, 6.07) is 5.30. The van der Waals surface area contributed by atoms with Crippen LogP contribution in [0.2, 0.25) is 0 Å². The second-order valence-corrected chi connectivity index (χ2v) is 4.83. The lowest BCUT2D eigenvalue weighted by molar-refractivity contribution is 0.417. The van der Waals surface area contributed by atoms with Crippen molar-refractivity contribution in [1.29, 1.82) is 0 Å². The Hall–Kier alpha value is -1.23. The summed E-state index contributed by atoms with van der Waals surface area (Å²) in [5.41, 5.74) is 1.44. The Morgan fingerprint density at radius 3 is 2.50 bits per heavy atom. The van der Waals surface area contributed by atoms with Gasteiger partial charge in [0.05, 0.1) is 19.1 Å². The molecule has 0 spiro atoms. The summed E-state index contributed by atoms with van der Waals surface area (Å²) in [5, 5.41) is 0. The van der Waals surface area contributed by atoms with E-state index in [-0.39, 0.29) is 0 Å². The summed E-state index contributed by atoms with van der Waals surface area (Å²) in [7, 11) is -1.76. The third kappa shape index (κ3) is 2.92. The fourth-order valence-electron chi connectivity index (χ4n) is 1.10. The van der Waals surface area contributed by atoms with Crippen LogP contribution in [0.25, 0.3) is 0 Å². The number of hydrogen-bond donors (Lipinski definition) is 1. The van der Waals surface area contributed by atoms with Crippen molar-refractivity contribution in [2.24, 2.45) is 0 Å². The highest BCUT2D eigenvalue weighted by Gasteiger charge is 2.07. The third-order valence-electron chi connectivity index (χ3n) is 1.65. The van der Waals surface area contributed by atoms with Gasteiger partial charge >= 0.3 is 0 Å². The molecule has 0 atom stereocenters. The summed E-state index contributed by atoms with van der Waals surface area (Å²) in [6.07, 6.45) is 1.11. The van der Waals surface area contributed by atoms with Crippen LogP contribution in [0, 0.1) is 6.92 Å². The van der Waals surface area contributed by atoms with Crippen molar-refractivity contribution in [1.82, 2.24) is 0 Å². The molecule has 5 heteroatoms. The molecule has 1 aromatic carbocycles. The minimum atomic E-state index is -3.26. The van der Waals surface area contributed by atoms with E-state index in [4.69, 9.17) is 4.74 Å². The van der Waals surface area contributed by atoms with Gasteiger partial charge in [0.15, 0.2) is 0 Å². The average molecular weight is 215 g/mol. The van der Waals surface area contributed by atoms with Crippen LogP contribution < -0.4 is 9.46 Å². The third-order valence-corrected chi connectivity index (χ3v) is 2.24. The Morgan fingerprint density at radius 1 is 1.36 bits per heavy atom. The Balaban J connectivity index is 3.11. The Labute approximate surface area is 84.0 Å². The lowest BCUT2D eigenvalue weighted by Gasteiger charge is -2.09. The van der Waals surface area contributed by atoms with Gasteiger partial charge in [-0.05, 0) is 24.6 Å². The number of rotatable bonds is 3. The van der Waals surface area contributed by atoms with Crippen LogP contribution in [-0.4, -0.2) is 21.8 Å². The highest BCUT2D eigenvalue weighted by Crippen LogP contribution is 2.25. The Bertz CT molecular complexity index is 426. The largest absolute Gasteiger partial charge is 0.495 e. The molecule has 0 heterocycles. The second kappa shape index (κ2) is 3.88. The fourth-order valence-corrected chi connectivity index (χ4v) is 1.66. The predicted molar refractivity (Wildman–Crippen MR) is 56.2 cm³/mol. The summed E-state index contributed by atoms with van der Waals surface area (Å²) in [6.45, 7) is 1.88. The van der Waals surface area contributed by atoms with E-state index in [1.54, 1.807) is 12.1 Å². The first-order valence-corrected chi connectivity index (χ1v) is 5.94. The topological polar surface area (TPSA) is 55.4 Å². The zero-order valence-corrected chi connectivity index (χ0v) is 9.18. The van der Waals surface area contributed by atoms with Crippen LogP contribution in [-0.2, 0) is 10.0 Å². The van der Waals surface area contributed by atoms with Crippen LogP contribution in [0.1, 0.15) is 5.56 Å². The molecule has 14 heavy (non-hydrogen) atoms. The van der Waals surface area contributed by atoms with Crippen LogP contribution >= 0.6 is 0 Å². The van der Waals surface area contributed by atoms with E-state index in [0.29, 0.717) is 11.4 Å². The zero-order chi connectivity index (χ0) is 10.8. The van der Waals surface area contributed by atoms with Gasteiger partial charge in [0.1, 0.15) is 5.75 Å². The van der Waals surface area contributed by atoms with E-state index in [9.17, 15) is 8.42 Å². The van der Waals surface area contributed by atoms with E-state index in [2.05, 4.69) is 4.72 Å². The molecule has 0 fully saturated rings. The zero-order valence-electron chi connectivity index (χ0n) is 8.37. The van der Waals surface area contributed by atoms with Gasteiger partial charge in [0.2, 0.25) is 10.0 Å². The average Bonchev–Trinajstić information content (AvgIpc) is 2.01. The molecule has 0 aliphatic rings. The maximum Gasteiger partial charge on any atom is 0.229 e. The number of sulfonamides is 1. The molecule has 0 aliphatic carbocycles. The molecular formula is C9H13NO3S. The van der Waals surface area contributed by atoms with Gasteiger partial charge in [0.25, 0.3) is 0 Å². The molecule has 78 valence electrons. The van der Waals surface area contributed by atoms with Gasteiger partial charge in [-0.15, -0.1) is 0 Å². The fraction of sp³-hybridized carbons (Fsp3) is 0.333. The summed E-state index contributed by atoms with van der Waals surface area (Å²) >= 11 is 0. The number of hydrogen-bond acceptors (Lipinski definition) is 3.